The maximum absolute atomic E-state index is 5.83. The molecule has 0 spiro atoms. The molecule has 0 N–H and O–H groups in total. The van der Waals surface area contributed by atoms with Crippen LogP contribution in [0, 0.1) is 13.8 Å². The van der Waals surface area contributed by atoms with Crippen molar-refractivity contribution in [3.05, 3.63) is 65.4 Å². The largest absolute Gasteiger partial charge is 0.466 e. The Labute approximate surface area is 147 Å². The van der Waals surface area contributed by atoms with Gasteiger partial charge in [0, 0.05) is 13.1 Å². The van der Waals surface area contributed by atoms with Gasteiger partial charge in [-0.3, -0.25) is 4.90 Å². The maximum Gasteiger partial charge on any atom is 0.251 e. The van der Waals surface area contributed by atoms with Crippen molar-refractivity contribution in [3.63, 3.8) is 0 Å². The number of furan rings is 1. The van der Waals surface area contributed by atoms with E-state index in [4.69, 9.17) is 8.83 Å². The van der Waals surface area contributed by atoms with E-state index in [1.165, 1.54) is 11.1 Å². The Kier molecular flexibility index (Phi) is 4.24. The zero-order valence-electron chi connectivity index (χ0n) is 14.5. The lowest BCUT2D eigenvalue weighted by atomic mass is 10.00. The minimum atomic E-state index is 0.530. The molecule has 25 heavy (non-hydrogen) atoms. The average molecular weight is 335 g/mol. The normalized spacial score (nSPS) is 15.4. The lowest BCUT2D eigenvalue weighted by Gasteiger charge is -2.25. The SMILES string of the molecule is Cc1cc(-c2nnc(CN3CC=C(c4ccccc4)CC3)o2)c(C)o1. The molecule has 3 aromatic rings. The minimum absolute atomic E-state index is 0.530. The molecule has 128 valence electrons. The number of aromatic nitrogens is 2. The van der Waals surface area contributed by atoms with Gasteiger partial charge in [-0.1, -0.05) is 36.4 Å². The summed E-state index contributed by atoms with van der Waals surface area (Å²) in [6.45, 7) is 6.38. The summed E-state index contributed by atoms with van der Waals surface area (Å²) in [5.41, 5.74) is 3.60. The van der Waals surface area contributed by atoms with Crippen LogP contribution in [0.3, 0.4) is 0 Å². The highest BCUT2D eigenvalue weighted by Gasteiger charge is 2.18. The zero-order chi connectivity index (χ0) is 17.2. The van der Waals surface area contributed by atoms with E-state index in [9.17, 15) is 0 Å². The van der Waals surface area contributed by atoms with Gasteiger partial charge in [-0.25, -0.2) is 0 Å². The van der Waals surface area contributed by atoms with Gasteiger partial charge in [0.2, 0.25) is 5.89 Å². The van der Waals surface area contributed by atoms with E-state index >= 15 is 0 Å². The summed E-state index contributed by atoms with van der Waals surface area (Å²) in [4.78, 5) is 2.32. The van der Waals surface area contributed by atoms with Crippen LogP contribution < -0.4 is 0 Å². The second kappa shape index (κ2) is 6.69. The molecule has 3 heterocycles. The van der Waals surface area contributed by atoms with Gasteiger partial charge in [-0.2, -0.15) is 0 Å². The molecule has 0 aliphatic carbocycles. The first kappa shape index (κ1) is 15.8. The van der Waals surface area contributed by atoms with E-state index in [-0.39, 0.29) is 0 Å². The molecule has 0 radical (unpaired) electrons. The second-order valence-electron chi connectivity index (χ2n) is 6.41. The monoisotopic (exact) mass is 335 g/mol. The predicted octanol–water partition coefficient (Wildman–Crippen LogP) is 4.24. The van der Waals surface area contributed by atoms with Crippen LogP contribution in [0.4, 0.5) is 0 Å². The Bertz CT molecular complexity index is 893. The average Bonchev–Trinajstić information content (AvgIpc) is 3.22. The Hall–Kier alpha value is -2.66. The van der Waals surface area contributed by atoms with Crippen molar-refractivity contribution in [2.24, 2.45) is 0 Å². The summed E-state index contributed by atoms with van der Waals surface area (Å²) < 4.78 is 11.4. The molecule has 5 heteroatoms. The van der Waals surface area contributed by atoms with Gasteiger partial charge in [0.05, 0.1) is 12.1 Å². The lowest BCUT2D eigenvalue weighted by molar-refractivity contribution is 0.263. The van der Waals surface area contributed by atoms with Crippen molar-refractivity contribution in [2.45, 2.75) is 26.8 Å². The first-order chi connectivity index (χ1) is 12.2. The second-order valence-corrected chi connectivity index (χ2v) is 6.41. The smallest absolute Gasteiger partial charge is 0.251 e. The number of hydrogen-bond acceptors (Lipinski definition) is 5. The van der Waals surface area contributed by atoms with Crippen LogP contribution in [0.25, 0.3) is 17.0 Å². The fraction of sp³-hybridized carbons (Fsp3) is 0.300. The molecule has 0 saturated carbocycles. The topological polar surface area (TPSA) is 55.3 Å². The van der Waals surface area contributed by atoms with Crippen molar-refractivity contribution in [2.75, 3.05) is 13.1 Å². The highest BCUT2D eigenvalue weighted by Crippen LogP contribution is 2.26. The van der Waals surface area contributed by atoms with E-state index in [0.29, 0.717) is 18.3 Å². The summed E-state index contributed by atoms with van der Waals surface area (Å²) in [6, 6.07) is 12.5. The van der Waals surface area contributed by atoms with Crippen LogP contribution in [0.15, 0.2) is 51.3 Å². The summed E-state index contributed by atoms with van der Waals surface area (Å²) in [5.74, 6) is 2.83. The van der Waals surface area contributed by atoms with Crippen LogP contribution in [0.1, 0.15) is 29.4 Å². The molecule has 1 aromatic carbocycles. The van der Waals surface area contributed by atoms with Gasteiger partial charge in [0.15, 0.2) is 0 Å². The first-order valence-electron chi connectivity index (χ1n) is 8.55. The van der Waals surface area contributed by atoms with E-state index < -0.39 is 0 Å². The fourth-order valence-electron chi connectivity index (χ4n) is 3.23. The first-order valence-corrected chi connectivity index (χ1v) is 8.55. The molecule has 4 rings (SSSR count). The van der Waals surface area contributed by atoms with Crippen LogP contribution in [-0.4, -0.2) is 28.2 Å². The van der Waals surface area contributed by atoms with Crippen molar-refractivity contribution in [1.29, 1.82) is 0 Å². The molecule has 1 aliphatic heterocycles. The molecule has 2 aromatic heterocycles. The number of hydrogen-bond donors (Lipinski definition) is 0. The third-order valence-corrected chi connectivity index (χ3v) is 4.53. The molecular formula is C20H21N3O2. The Morgan fingerprint density at radius 1 is 1.08 bits per heavy atom. The minimum Gasteiger partial charge on any atom is -0.466 e. The number of aryl methyl sites for hydroxylation is 2. The van der Waals surface area contributed by atoms with E-state index in [0.717, 1.165) is 36.6 Å². The van der Waals surface area contributed by atoms with Crippen molar-refractivity contribution >= 4 is 5.57 Å². The number of benzene rings is 1. The van der Waals surface area contributed by atoms with Crippen molar-refractivity contribution in [3.8, 4) is 11.5 Å². The number of nitrogens with zero attached hydrogens (tertiary/aromatic N) is 3. The fourth-order valence-corrected chi connectivity index (χ4v) is 3.23. The molecule has 0 unspecified atom stereocenters. The van der Waals surface area contributed by atoms with Gasteiger partial charge in [0.25, 0.3) is 5.89 Å². The molecule has 0 atom stereocenters. The summed E-state index contributed by atoms with van der Waals surface area (Å²) in [7, 11) is 0. The maximum atomic E-state index is 5.83. The summed E-state index contributed by atoms with van der Waals surface area (Å²) in [6.07, 6.45) is 3.32. The standard InChI is InChI=1S/C20H21N3O2/c1-14-12-18(15(2)24-14)20-22-21-19(25-20)13-23-10-8-17(9-11-23)16-6-4-3-5-7-16/h3-8,12H,9-11,13H2,1-2H3. The van der Waals surface area contributed by atoms with Crippen molar-refractivity contribution in [1.82, 2.24) is 15.1 Å². The van der Waals surface area contributed by atoms with Crippen LogP contribution in [-0.2, 0) is 6.54 Å². The lowest BCUT2D eigenvalue weighted by Crippen LogP contribution is -2.28. The van der Waals surface area contributed by atoms with E-state index in [1.54, 1.807) is 0 Å². The van der Waals surface area contributed by atoms with E-state index in [2.05, 4.69) is 51.5 Å². The van der Waals surface area contributed by atoms with Gasteiger partial charge >= 0.3 is 0 Å². The molecule has 5 nitrogen and oxygen atoms in total. The van der Waals surface area contributed by atoms with Crippen LogP contribution >= 0.6 is 0 Å². The highest BCUT2D eigenvalue weighted by atomic mass is 16.4. The molecule has 0 fully saturated rings. The van der Waals surface area contributed by atoms with Crippen LogP contribution in [0.5, 0.6) is 0 Å². The zero-order valence-corrected chi connectivity index (χ0v) is 14.5. The highest BCUT2D eigenvalue weighted by molar-refractivity contribution is 5.66. The molecule has 0 amide bonds. The van der Waals surface area contributed by atoms with Crippen LogP contribution in [0.2, 0.25) is 0 Å². The van der Waals surface area contributed by atoms with Gasteiger partial charge in [0.1, 0.15) is 11.5 Å². The Morgan fingerprint density at radius 3 is 2.60 bits per heavy atom. The van der Waals surface area contributed by atoms with Gasteiger partial charge in [-0.05, 0) is 37.5 Å². The third kappa shape index (κ3) is 3.42. The summed E-state index contributed by atoms with van der Waals surface area (Å²) >= 11 is 0. The van der Waals surface area contributed by atoms with Gasteiger partial charge < -0.3 is 8.83 Å². The van der Waals surface area contributed by atoms with E-state index in [1.807, 2.05) is 19.9 Å². The Morgan fingerprint density at radius 2 is 1.92 bits per heavy atom. The predicted molar refractivity (Wildman–Crippen MR) is 95.8 cm³/mol. The number of rotatable bonds is 4. The molecular weight excluding hydrogens is 314 g/mol. The molecule has 0 saturated heterocycles. The van der Waals surface area contributed by atoms with Crippen molar-refractivity contribution < 1.29 is 8.83 Å². The quantitative estimate of drug-likeness (QED) is 0.714. The summed E-state index contributed by atoms with van der Waals surface area (Å²) in [5, 5.41) is 8.36. The Balaban J connectivity index is 1.42. The molecule has 1 aliphatic rings. The third-order valence-electron chi connectivity index (χ3n) is 4.53. The molecule has 0 bridgehead atoms. The van der Waals surface area contributed by atoms with Gasteiger partial charge in [-0.15, -0.1) is 10.2 Å².